The second-order valence-corrected chi connectivity index (χ2v) is 24.8. The van der Waals surface area contributed by atoms with E-state index in [0.717, 1.165) is 70.6 Å². The van der Waals surface area contributed by atoms with E-state index in [1.165, 1.54) is 51.4 Å². The van der Waals surface area contributed by atoms with E-state index in [0.29, 0.717) is 103 Å². The van der Waals surface area contributed by atoms with Crippen LogP contribution >= 0.6 is 0 Å². The summed E-state index contributed by atoms with van der Waals surface area (Å²) >= 11 is 0. The maximum Gasteiger partial charge on any atom is 0.305 e. The molecule has 2 amide bonds. The van der Waals surface area contributed by atoms with Gasteiger partial charge in [-0.2, -0.15) is 0 Å². The predicted molar refractivity (Wildman–Crippen MR) is 239 cm³/mol. The van der Waals surface area contributed by atoms with Gasteiger partial charge in [0.1, 0.15) is 0 Å². The topological polar surface area (TPSA) is 125 Å². The molecule has 8 aliphatic carbocycles. The van der Waals surface area contributed by atoms with E-state index in [4.69, 9.17) is 4.74 Å². The number of hydrogen-bond acceptors (Lipinski definition) is 6. The molecule has 4 heterocycles. The fourth-order valence-electron chi connectivity index (χ4n) is 19.1. The van der Waals surface area contributed by atoms with E-state index < -0.39 is 0 Å². The van der Waals surface area contributed by atoms with Crippen LogP contribution in [0.25, 0.3) is 0 Å². The highest BCUT2D eigenvalue weighted by Gasteiger charge is 2.65. The van der Waals surface area contributed by atoms with Crippen molar-refractivity contribution in [2.75, 3.05) is 6.61 Å². The van der Waals surface area contributed by atoms with E-state index in [2.05, 4.69) is 52.2 Å². The van der Waals surface area contributed by atoms with Crippen molar-refractivity contribution in [2.45, 2.75) is 214 Å². The largest absolute Gasteiger partial charge is 0.466 e. The van der Waals surface area contributed by atoms with Crippen molar-refractivity contribution in [1.29, 1.82) is 0 Å². The predicted octanol–water partition coefficient (Wildman–Crippen LogP) is 9.78. The highest BCUT2D eigenvalue weighted by atomic mass is 16.5. The Morgan fingerprint density at radius 3 is 1.41 bits per heavy atom. The van der Waals surface area contributed by atoms with Crippen molar-refractivity contribution in [3.8, 4) is 0 Å². The minimum Gasteiger partial charge on any atom is -0.466 e. The molecule has 0 radical (unpaired) electrons. The van der Waals surface area contributed by atoms with Crippen LogP contribution in [0.2, 0.25) is 0 Å². The smallest absolute Gasteiger partial charge is 0.305 e. The van der Waals surface area contributed by atoms with Gasteiger partial charge < -0.3 is 25.6 Å². The van der Waals surface area contributed by atoms with Gasteiger partial charge in [-0.1, -0.05) is 41.5 Å². The quantitative estimate of drug-likeness (QED) is 0.180. The number of carbonyl (C=O) groups is 3. The number of fused-ring (bicyclic) bond motifs is 1. The summed E-state index contributed by atoms with van der Waals surface area (Å²) in [6, 6.07) is 0.288. The highest BCUT2D eigenvalue weighted by Crippen LogP contribution is 2.70. The molecular formula is C53H86N2O6. The van der Waals surface area contributed by atoms with Crippen molar-refractivity contribution in [1.82, 2.24) is 10.6 Å². The van der Waals surface area contributed by atoms with Crippen LogP contribution in [0, 0.1) is 92.7 Å². The molecule has 4 aliphatic heterocycles. The van der Waals surface area contributed by atoms with Crippen molar-refractivity contribution >= 4 is 17.8 Å². The summed E-state index contributed by atoms with van der Waals surface area (Å²) in [4.78, 5) is 39.8. The molecule has 0 aromatic carbocycles. The monoisotopic (exact) mass is 847 g/mol. The number of aliphatic hydroxyl groups is 2. The lowest BCUT2D eigenvalue weighted by molar-refractivity contribution is -0.167. The van der Waals surface area contributed by atoms with Crippen molar-refractivity contribution < 1.29 is 29.3 Å². The molecule has 4 saturated heterocycles. The average molecular weight is 847 g/mol. The van der Waals surface area contributed by atoms with Gasteiger partial charge in [0.15, 0.2) is 0 Å². The second-order valence-electron chi connectivity index (χ2n) is 24.8. The van der Waals surface area contributed by atoms with Crippen LogP contribution in [-0.4, -0.2) is 58.9 Å². The fraction of sp³-hybridized carbons (Fsp3) is 0.943. The number of rotatable bonds is 0. The normalized spacial score (nSPS) is 53.4. The van der Waals surface area contributed by atoms with E-state index in [1.54, 1.807) is 0 Å². The lowest BCUT2D eigenvalue weighted by Gasteiger charge is -2.62. The Morgan fingerprint density at radius 2 is 0.918 bits per heavy atom. The average Bonchev–Trinajstić information content (AvgIpc) is 3.76. The van der Waals surface area contributed by atoms with Crippen molar-refractivity contribution in [3.05, 3.63) is 0 Å². The Balaban J connectivity index is 0.882. The summed E-state index contributed by atoms with van der Waals surface area (Å²) in [5.74, 6) is 6.05. The van der Waals surface area contributed by atoms with Crippen LogP contribution in [0.5, 0.6) is 0 Å². The number of hydrogen-bond donors (Lipinski definition) is 4. The van der Waals surface area contributed by atoms with Crippen LogP contribution in [0.1, 0.15) is 189 Å². The standard InChI is InChI=1S/C53H86N2O6/c1-31-9-8-26-61-47(60)17-12-32(2)38-14-16-40-49-42(21-25-53(38,40)6)51(4)23-19-36(28-34(51)30-44(49)57)55-46(59)11-7-10-45(58)54-35-18-22-50(3)33(27-35)29-43(56)48-39-15-13-37(31)52(39,5)24-20-41(48)50/h31-44,48-49,56-57H,7-30H2,1-6H3,(H,54,58)(H,55,59)/t31-,32-,33+,34+,35-,36-,37-,38-,39+,40+,41+,42+,43+,44+,48+,49+,50+,51+,52-,53-/m1/s1. The maximum atomic E-state index is 13.3. The van der Waals surface area contributed by atoms with E-state index >= 15 is 0 Å². The zero-order valence-electron chi connectivity index (χ0n) is 39.2. The third kappa shape index (κ3) is 7.77. The Kier molecular flexibility index (Phi) is 12.4. The van der Waals surface area contributed by atoms with Crippen LogP contribution < -0.4 is 10.6 Å². The SMILES string of the molecule is C[C@@H]1CCCOC(=O)CC[C@@H](C)[C@H]2CC[C@H]3[C@@H]4[C@@H](O)C[C@@H]5C[C@@H](CC[C@]5(C)[C@H]4CC[C@]23C)NC(=O)CCCC(=O)N[C@@H]2CC[C@@]3(C)[C@@H](C2)C[C@H](O)[C@@H]2[C@@H]3CC[C@]3(C)[C@@H]1CC[C@@H]23. The van der Waals surface area contributed by atoms with Crippen LogP contribution in [-0.2, 0) is 19.1 Å². The number of carbonyl (C=O) groups excluding carboxylic acids is 3. The zero-order chi connectivity index (χ0) is 43.1. The van der Waals surface area contributed by atoms with Gasteiger partial charge in [0.25, 0.3) is 0 Å². The fourth-order valence-corrected chi connectivity index (χ4v) is 19.1. The minimum absolute atomic E-state index is 0.0331. The molecule has 344 valence electrons. The van der Waals surface area contributed by atoms with Crippen LogP contribution in [0.4, 0.5) is 0 Å². The first-order chi connectivity index (χ1) is 29.0. The number of aliphatic hydroxyl groups excluding tert-OH is 2. The second kappa shape index (κ2) is 17.0. The number of ether oxygens (including phenoxy) is 1. The maximum absolute atomic E-state index is 13.3. The highest BCUT2D eigenvalue weighted by molar-refractivity contribution is 5.79. The third-order valence-electron chi connectivity index (χ3n) is 22.3. The molecule has 12 rings (SSSR count). The van der Waals surface area contributed by atoms with Gasteiger partial charge in [-0.25, -0.2) is 0 Å². The molecule has 0 spiro atoms. The molecule has 4 N–H and O–H groups in total. The van der Waals surface area contributed by atoms with Gasteiger partial charge in [-0.3, -0.25) is 14.4 Å². The molecule has 16 bridgehead atoms. The first-order valence-electron chi connectivity index (χ1n) is 26.2. The van der Waals surface area contributed by atoms with Gasteiger partial charge in [-0.05, 0) is 221 Å². The molecule has 0 aromatic rings. The first kappa shape index (κ1) is 44.5. The summed E-state index contributed by atoms with van der Waals surface area (Å²) in [5, 5.41) is 30.8. The van der Waals surface area contributed by atoms with Gasteiger partial charge >= 0.3 is 5.97 Å². The molecule has 12 aliphatic rings. The number of esters is 1. The molecule has 20 atom stereocenters. The molecule has 0 unspecified atom stereocenters. The molecule has 61 heavy (non-hydrogen) atoms. The third-order valence-corrected chi connectivity index (χ3v) is 22.3. The van der Waals surface area contributed by atoms with Gasteiger partial charge in [0.05, 0.1) is 18.8 Å². The van der Waals surface area contributed by atoms with Gasteiger partial charge in [-0.15, -0.1) is 0 Å². The molecule has 8 nitrogen and oxygen atoms in total. The van der Waals surface area contributed by atoms with E-state index in [9.17, 15) is 24.6 Å². The summed E-state index contributed by atoms with van der Waals surface area (Å²) in [7, 11) is 0. The molecule has 8 heteroatoms. The lowest BCUT2D eigenvalue weighted by Crippen LogP contribution is -2.59. The molecular weight excluding hydrogens is 761 g/mol. The Hall–Kier alpha value is -1.67. The lowest BCUT2D eigenvalue weighted by atomic mass is 9.43. The minimum atomic E-state index is -0.290. The Morgan fingerprint density at radius 1 is 0.492 bits per heavy atom. The number of nitrogens with one attached hydrogen (secondary N) is 2. The Bertz CT molecular complexity index is 1640. The first-order valence-corrected chi connectivity index (χ1v) is 26.2. The van der Waals surface area contributed by atoms with E-state index in [1.807, 2.05) is 0 Å². The molecule has 12 fully saturated rings. The van der Waals surface area contributed by atoms with Crippen LogP contribution in [0.15, 0.2) is 0 Å². The number of amides is 2. The Labute approximate surface area is 369 Å². The van der Waals surface area contributed by atoms with Crippen molar-refractivity contribution in [2.24, 2.45) is 92.7 Å². The molecule has 8 saturated carbocycles. The van der Waals surface area contributed by atoms with Gasteiger partial charge in [0.2, 0.25) is 11.8 Å². The van der Waals surface area contributed by atoms with E-state index in [-0.39, 0.29) is 63.7 Å². The van der Waals surface area contributed by atoms with Crippen molar-refractivity contribution in [3.63, 3.8) is 0 Å². The summed E-state index contributed by atoms with van der Waals surface area (Å²) in [6.07, 6.45) is 21.6. The summed E-state index contributed by atoms with van der Waals surface area (Å²) in [6.45, 7) is 15.5. The molecule has 0 aromatic heterocycles. The van der Waals surface area contributed by atoms with Gasteiger partial charge in [0, 0.05) is 31.3 Å². The summed E-state index contributed by atoms with van der Waals surface area (Å²) in [5.41, 5.74) is 0.852. The van der Waals surface area contributed by atoms with Crippen LogP contribution in [0.3, 0.4) is 0 Å². The zero-order valence-corrected chi connectivity index (χ0v) is 39.2. The summed E-state index contributed by atoms with van der Waals surface area (Å²) < 4.78 is 5.94.